The van der Waals surface area contributed by atoms with E-state index in [4.69, 9.17) is 4.74 Å². The second-order valence-corrected chi connectivity index (χ2v) is 5.50. The standard InChI is InChI=1S/C18H17NO3/c1-11-6-5-7-12(2)17(11)19-16(20)10-15-13-8-3-4-9-14(13)18(21)22-15/h3-9,15H,10H2,1-2H3,(H,19,20). The topological polar surface area (TPSA) is 55.4 Å². The van der Waals surface area contributed by atoms with Crippen molar-refractivity contribution in [3.63, 3.8) is 0 Å². The molecular formula is C18H17NO3. The number of benzene rings is 2. The van der Waals surface area contributed by atoms with Crippen molar-refractivity contribution in [2.45, 2.75) is 26.4 Å². The average Bonchev–Trinajstić information content (AvgIpc) is 2.80. The van der Waals surface area contributed by atoms with E-state index < -0.39 is 6.10 Å². The molecule has 0 saturated carbocycles. The minimum atomic E-state index is -0.506. The minimum absolute atomic E-state index is 0.122. The SMILES string of the molecule is Cc1cccc(C)c1NC(=O)CC1OC(=O)c2ccccc21. The monoisotopic (exact) mass is 295 g/mol. The highest BCUT2D eigenvalue weighted by Crippen LogP contribution is 2.33. The van der Waals surface area contributed by atoms with Crippen molar-refractivity contribution in [2.24, 2.45) is 0 Å². The molecule has 3 rings (SSSR count). The van der Waals surface area contributed by atoms with Crippen LogP contribution in [0.1, 0.15) is 39.6 Å². The fourth-order valence-electron chi connectivity index (χ4n) is 2.74. The van der Waals surface area contributed by atoms with Crippen LogP contribution in [0.3, 0.4) is 0 Å². The summed E-state index contributed by atoms with van der Waals surface area (Å²) in [6.07, 6.45) is -0.385. The van der Waals surface area contributed by atoms with Crippen LogP contribution in [0.5, 0.6) is 0 Å². The molecule has 1 aliphatic heterocycles. The second-order valence-electron chi connectivity index (χ2n) is 5.50. The summed E-state index contributed by atoms with van der Waals surface area (Å²) in [5.41, 5.74) is 4.18. The van der Waals surface area contributed by atoms with Crippen LogP contribution in [0.2, 0.25) is 0 Å². The van der Waals surface area contributed by atoms with Crippen molar-refractivity contribution in [2.75, 3.05) is 5.32 Å². The Hall–Kier alpha value is -2.62. The molecule has 112 valence electrons. The van der Waals surface area contributed by atoms with Crippen LogP contribution in [-0.2, 0) is 9.53 Å². The van der Waals surface area contributed by atoms with Crippen LogP contribution in [0.25, 0.3) is 0 Å². The maximum Gasteiger partial charge on any atom is 0.339 e. The molecule has 0 bridgehead atoms. The number of nitrogens with one attached hydrogen (secondary N) is 1. The summed E-state index contributed by atoms with van der Waals surface area (Å²) < 4.78 is 5.30. The van der Waals surface area contributed by atoms with Gasteiger partial charge in [0.05, 0.1) is 12.0 Å². The Morgan fingerprint density at radius 1 is 1.09 bits per heavy atom. The number of aryl methyl sites for hydroxylation is 2. The number of carbonyl (C=O) groups excluding carboxylic acids is 2. The van der Waals surface area contributed by atoms with Gasteiger partial charge in [0.2, 0.25) is 5.91 Å². The van der Waals surface area contributed by atoms with Crippen LogP contribution in [0.15, 0.2) is 42.5 Å². The molecule has 2 aromatic rings. The second kappa shape index (κ2) is 5.64. The number of cyclic esters (lactones) is 1. The third-order valence-electron chi connectivity index (χ3n) is 3.89. The molecule has 22 heavy (non-hydrogen) atoms. The lowest BCUT2D eigenvalue weighted by molar-refractivity contribution is -0.118. The molecule has 2 aromatic carbocycles. The van der Waals surface area contributed by atoms with Crippen molar-refractivity contribution in [3.8, 4) is 0 Å². The Morgan fingerprint density at radius 3 is 2.50 bits per heavy atom. The molecule has 4 nitrogen and oxygen atoms in total. The summed E-state index contributed by atoms with van der Waals surface area (Å²) in [5, 5.41) is 2.92. The summed E-state index contributed by atoms with van der Waals surface area (Å²) >= 11 is 0. The van der Waals surface area contributed by atoms with Gasteiger partial charge in [-0.05, 0) is 31.0 Å². The molecule has 4 heteroatoms. The predicted octanol–water partition coefficient (Wildman–Crippen LogP) is 3.54. The van der Waals surface area contributed by atoms with E-state index in [1.807, 2.05) is 44.2 Å². The van der Waals surface area contributed by atoms with E-state index in [1.165, 1.54) is 0 Å². The van der Waals surface area contributed by atoms with E-state index in [-0.39, 0.29) is 18.3 Å². The number of hydrogen-bond donors (Lipinski definition) is 1. The summed E-state index contributed by atoms with van der Waals surface area (Å²) in [7, 11) is 0. The van der Waals surface area contributed by atoms with E-state index in [0.717, 1.165) is 22.4 Å². The van der Waals surface area contributed by atoms with E-state index in [2.05, 4.69) is 5.32 Å². The summed E-state index contributed by atoms with van der Waals surface area (Å²) in [6.45, 7) is 3.90. The van der Waals surface area contributed by atoms with Gasteiger partial charge in [0, 0.05) is 11.3 Å². The highest BCUT2D eigenvalue weighted by atomic mass is 16.5. The molecule has 0 aromatic heterocycles. The Balaban J connectivity index is 1.75. The van der Waals surface area contributed by atoms with Gasteiger partial charge in [-0.2, -0.15) is 0 Å². The van der Waals surface area contributed by atoms with E-state index >= 15 is 0 Å². The van der Waals surface area contributed by atoms with Gasteiger partial charge in [-0.25, -0.2) is 4.79 Å². The number of amides is 1. The van der Waals surface area contributed by atoms with Gasteiger partial charge in [-0.15, -0.1) is 0 Å². The minimum Gasteiger partial charge on any atom is -0.453 e. The van der Waals surface area contributed by atoms with Crippen LogP contribution >= 0.6 is 0 Å². The van der Waals surface area contributed by atoms with Crippen molar-refractivity contribution in [1.29, 1.82) is 0 Å². The Morgan fingerprint density at radius 2 is 1.77 bits per heavy atom. The number of hydrogen-bond acceptors (Lipinski definition) is 3. The smallest absolute Gasteiger partial charge is 0.339 e. The zero-order valence-corrected chi connectivity index (χ0v) is 12.6. The van der Waals surface area contributed by atoms with Crippen molar-refractivity contribution in [1.82, 2.24) is 0 Å². The van der Waals surface area contributed by atoms with E-state index in [1.54, 1.807) is 12.1 Å². The molecule has 1 atom stereocenters. The van der Waals surface area contributed by atoms with Crippen LogP contribution in [0.4, 0.5) is 5.69 Å². The fourth-order valence-corrected chi connectivity index (χ4v) is 2.74. The first-order valence-electron chi connectivity index (χ1n) is 7.22. The van der Waals surface area contributed by atoms with Gasteiger partial charge in [0.1, 0.15) is 6.10 Å². The number of carbonyl (C=O) groups is 2. The lowest BCUT2D eigenvalue weighted by Crippen LogP contribution is -2.17. The largest absolute Gasteiger partial charge is 0.453 e. The highest BCUT2D eigenvalue weighted by molar-refractivity contribution is 5.96. The summed E-state index contributed by atoms with van der Waals surface area (Å²) in [5.74, 6) is -0.521. The van der Waals surface area contributed by atoms with Gasteiger partial charge < -0.3 is 10.1 Å². The van der Waals surface area contributed by atoms with Crippen molar-refractivity contribution in [3.05, 3.63) is 64.7 Å². The van der Waals surface area contributed by atoms with Gasteiger partial charge in [-0.1, -0.05) is 36.4 Å². The highest BCUT2D eigenvalue weighted by Gasteiger charge is 2.32. The molecule has 1 aliphatic rings. The zero-order chi connectivity index (χ0) is 15.7. The number of esters is 1. The first-order valence-corrected chi connectivity index (χ1v) is 7.22. The van der Waals surface area contributed by atoms with Gasteiger partial charge in [-0.3, -0.25) is 4.79 Å². The summed E-state index contributed by atoms with van der Waals surface area (Å²) in [4.78, 5) is 24.1. The predicted molar refractivity (Wildman–Crippen MR) is 83.8 cm³/mol. The molecule has 1 heterocycles. The van der Waals surface area contributed by atoms with Gasteiger partial charge in [0.25, 0.3) is 0 Å². The third-order valence-corrected chi connectivity index (χ3v) is 3.89. The molecule has 0 aliphatic carbocycles. The number of fused-ring (bicyclic) bond motifs is 1. The third kappa shape index (κ3) is 2.60. The molecule has 0 saturated heterocycles. The number of ether oxygens (including phenoxy) is 1. The van der Waals surface area contributed by atoms with Gasteiger partial charge >= 0.3 is 5.97 Å². The Labute approximate surface area is 129 Å². The molecule has 1 N–H and O–H groups in total. The molecule has 1 unspecified atom stereocenters. The quantitative estimate of drug-likeness (QED) is 0.881. The molecule has 0 radical (unpaired) electrons. The first-order chi connectivity index (χ1) is 10.6. The molecule has 0 fully saturated rings. The van der Waals surface area contributed by atoms with Gasteiger partial charge in [0.15, 0.2) is 0 Å². The number of anilines is 1. The maximum atomic E-state index is 12.3. The van der Waals surface area contributed by atoms with E-state index in [9.17, 15) is 9.59 Å². The number of para-hydroxylation sites is 1. The van der Waals surface area contributed by atoms with Crippen LogP contribution in [-0.4, -0.2) is 11.9 Å². The molecular weight excluding hydrogens is 278 g/mol. The Bertz CT molecular complexity index is 731. The number of rotatable bonds is 3. The molecule has 1 amide bonds. The van der Waals surface area contributed by atoms with Crippen LogP contribution in [0, 0.1) is 13.8 Å². The lowest BCUT2D eigenvalue weighted by atomic mass is 10.0. The Kier molecular flexibility index (Phi) is 3.67. The maximum absolute atomic E-state index is 12.3. The lowest BCUT2D eigenvalue weighted by Gasteiger charge is -2.14. The van der Waals surface area contributed by atoms with E-state index in [0.29, 0.717) is 5.56 Å². The zero-order valence-electron chi connectivity index (χ0n) is 12.6. The normalized spacial score (nSPS) is 16.1. The van der Waals surface area contributed by atoms with Crippen molar-refractivity contribution < 1.29 is 14.3 Å². The molecule has 0 spiro atoms. The average molecular weight is 295 g/mol. The summed E-state index contributed by atoms with van der Waals surface area (Å²) in [6, 6.07) is 13.0. The fraction of sp³-hybridized carbons (Fsp3) is 0.222. The van der Waals surface area contributed by atoms with Crippen LogP contribution < -0.4 is 5.32 Å². The first kappa shape index (κ1) is 14.3. The van der Waals surface area contributed by atoms with Crippen molar-refractivity contribution >= 4 is 17.6 Å².